The lowest BCUT2D eigenvalue weighted by Crippen LogP contribution is -2.38. The molecule has 1 heterocycles. The Kier molecular flexibility index (Phi) is 4.53. The smallest absolute Gasteiger partial charge is 0.343 e. The zero-order chi connectivity index (χ0) is 17.3. The molecule has 0 spiro atoms. The molecule has 1 aliphatic heterocycles. The van der Waals surface area contributed by atoms with Crippen molar-refractivity contribution in [1.29, 1.82) is 0 Å². The van der Waals surface area contributed by atoms with E-state index in [1.165, 1.54) is 12.1 Å². The maximum absolute atomic E-state index is 13.7. The number of para-hydroxylation sites is 1. The van der Waals surface area contributed by atoms with Crippen LogP contribution < -0.4 is 4.90 Å². The van der Waals surface area contributed by atoms with Gasteiger partial charge in [0.2, 0.25) is 0 Å². The van der Waals surface area contributed by atoms with E-state index >= 15 is 0 Å². The number of rotatable bonds is 3. The highest BCUT2D eigenvalue weighted by atomic mass is 35.5. The molecule has 0 saturated heterocycles. The maximum Gasteiger partial charge on any atom is 0.343 e. The van der Waals surface area contributed by atoms with Crippen LogP contribution in [-0.2, 0) is 16.0 Å². The average molecular weight is 348 g/mol. The minimum Gasteiger partial charge on any atom is -0.452 e. The second kappa shape index (κ2) is 6.61. The summed E-state index contributed by atoms with van der Waals surface area (Å²) in [4.78, 5) is 26.1. The molecule has 1 amide bonds. The Labute approximate surface area is 143 Å². The van der Waals surface area contributed by atoms with Crippen LogP contribution in [0.1, 0.15) is 22.8 Å². The standard InChI is InChI=1S/C18H15ClFNO3/c1-11-9-12-5-2-3-8-15(12)21(11)16(22)10-24-18(23)17-13(19)6-4-7-14(17)20/h2-8,11H,9-10H2,1H3/t11-/m0/s1. The number of ether oxygens (including phenoxy) is 1. The quantitative estimate of drug-likeness (QED) is 0.797. The Morgan fingerprint density at radius 2 is 2.00 bits per heavy atom. The predicted octanol–water partition coefficient (Wildman–Crippen LogP) is 3.61. The van der Waals surface area contributed by atoms with Gasteiger partial charge in [0, 0.05) is 11.7 Å². The number of carbonyl (C=O) groups excluding carboxylic acids is 2. The topological polar surface area (TPSA) is 46.6 Å². The first-order valence-electron chi connectivity index (χ1n) is 7.50. The average Bonchev–Trinajstić information content (AvgIpc) is 2.88. The van der Waals surface area contributed by atoms with E-state index in [0.29, 0.717) is 0 Å². The second-order valence-electron chi connectivity index (χ2n) is 5.62. The summed E-state index contributed by atoms with van der Waals surface area (Å²) in [5.74, 6) is -2.08. The van der Waals surface area contributed by atoms with Crippen molar-refractivity contribution in [1.82, 2.24) is 0 Å². The molecule has 6 heteroatoms. The highest BCUT2D eigenvalue weighted by Crippen LogP contribution is 2.31. The van der Waals surface area contributed by atoms with Gasteiger partial charge >= 0.3 is 5.97 Å². The normalized spacial score (nSPS) is 16.0. The Balaban J connectivity index is 1.71. The van der Waals surface area contributed by atoms with Crippen LogP contribution in [0.5, 0.6) is 0 Å². The van der Waals surface area contributed by atoms with Crippen molar-refractivity contribution in [2.75, 3.05) is 11.5 Å². The van der Waals surface area contributed by atoms with Crippen molar-refractivity contribution in [2.45, 2.75) is 19.4 Å². The molecule has 0 saturated carbocycles. The van der Waals surface area contributed by atoms with Gasteiger partial charge in [0.1, 0.15) is 11.4 Å². The number of hydrogen-bond acceptors (Lipinski definition) is 3. The number of benzene rings is 2. The van der Waals surface area contributed by atoms with Gasteiger partial charge < -0.3 is 9.64 Å². The van der Waals surface area contributed by atoms with Gasteiger partial charge in [0.25, 0.3) is 5.91 Å². The summed E-state index contributed by atoms with van der Waals surface area (Å²) in [5.41, 5.74) is 1.53. The maximum atomic E-state index is 13.7. The van der Waals surface area contributed by atoms with E-state index in [2.05, 4.69) is 0 Å². The molecule has 4 nitrogen and oxygen atoms in total. The molecule has 0 unspecified atom stereocenters. The van der Waals surface area contributed by atoms with Crippen LogP contribution in [0.2, 0.25) is 5.02 Å². The van der Waals surface area contributed by atoms with Crippen LogP contribution in [0.4, 0.5) is 10.1 Å². The monoisotopic (exact) mass is 347 g/mol. The number of fused-ring (bicyclic) bond motifs is 1. The summed E-state index contributed by atoms with van der Waals surface area (Å²) >= 11 is 5.82. The molecule has 0 aliphatic carbocycles. The number of nitrogens with zero attached hydrogens (tertiary/aromatic N) is 1. The number of amides is 1. The van der Waals surface area contributed by atoms with Gasteiger partial charge in [0.05, 0.1) is 5.02 Å². The van der Waals surface area contributed by atoms with Crippen molar-refractivity contribution < 1.29 is 18.7 Å². The fourth-order valence-corrected chi connectivity index (χ4v) is 3.15. The van der Waals surface area contributed by atoms with Gasteiger partial charge in [-0.15, -0.1) is 0 Å². The van der Waals surface area contributed by atoms with Crippen LogP contribution in [0.15, 0.2) is 42.5 Å². The largest absolute Gasteiger partial charge is 0.452 e. The highest BCUT2D eigenvalue weighted by Gasteiger charge is 2.31. The number of carbonyl (C=O) groups is 2. The van der Waals surface area contributed by atoms with Crippen molar-refractivity contribution in [3.05, 3.63) is 64.4 Å². The SMILES string of the molecule is C[C@H]1Cc2ccccc2N1C(=O)COC(=O)c1c(F)cccc1Cl. The van der Waals surface area contributed by atoms with Gasteiger partial charge in [-0.05, 0) is 37.1 Å². The number of hydrogen-bond donors (Lipinski definition) is 0. The second-order valence-corrected chi connectivity index (χ2v) is 6.03. The summed E-state index contributed by atoms with van der Waals surface area (Å²) in [7, 11) is 0. The summed E-state index contributed by atoms with van der Waals surface area (Å²) in [6.45, 7) is 1.45. The van der Waals surface area contributed by atoms with E-state index < -0.39 is 18.4 Å². The molecule has 24 heavy (non-hydrogen) atoms. The first-order chi connectivity index (χ1) is 11.5. The molecule has 2 aromatic carbocycles. The van der Waals surface area contributed by atoms with Crippen LogP contribution >= 0.6 is 11.6 Å². The lowest BCUT2D eigenvalue weighted by molar-refractivity contribution is -0.122. The highest BCUT2D eigenvalue weighted by molar-refractivity contribution is 6.33. The Morgan fingerprint density at radius 3 is 2.75 bits per heavy atom. The van der Waals surface area contributed by atoms with E-state index in [-0.39, 0.29) is 22.5 Å². The zero-order valence-corrected chi connectivity index (χ0v) is 13.7. The molecule has 3 rings (SSSR count). The summed E-state index contributed by atoms with van der Waals surface area (Å²) in [6.07, 6.45) is 0.745. The first-order valence-corrected chi connectivity index (χ1v) is 7.88. The lowest BCUT2D eigenvalue weighted by Gasteiger charge is -2.22. The summed E-state index contributed by atoms with van der Waals surface area (Å²) in [5, 5.41) is -0.0488. The predicted molar refractivity (Wildman–Crippen MR) is 88.8 cm³/mol. The van der Waals surface area contributed by atoms with Gasteiger partial charge in [-0.3, -0.25) is 4.79 Å². The van der Waals surface area contributed by atoms with Crippen LogP contribution in [0.3, 0.4) is 0 Å². The van der Waals surface area contributed by atoms with E-state index in [4.69, 9.17) is 16.3 Å². The fourth-order valence-electron chi connectivity index (χ4n) is 2.91. The third kappa shape index (κ3) is 2.99. The van der Waals surface area contributed by atoms with Gasteiger partial charge in [-0.25, -0.2) is 9.18 Å². The molecule has 2 aromatic rings. The van der Waals surface area contributed by atoms with E-state index in [1.807, 2.05) is 31.2 Å². The third-order valence-corrected chi connectivity index (χ3v) is 4.28. The number of halogens is 2. The van der Waals surface area contributed by atoms with Crippen molar-refractivity contribution in [2.24, 2.45) is 0 Å². The molecular formula is C18H15ClFNO3. The molecule has 0 N–H and O–H groups in total. The van der Waals surface area contributed by atoms with Gasteiger partial charge in [-0.1, -0.05) is 35.9 Å². The van der Waals surface area contributed by atoms with E-state index in [1.54, 1.807) is 4.90 Å². The van der Waals surface area contributed by atoms with Crippen molar-refractivity contribution in [3.63, 3.8) is 0 Å². The molecule has 0 bridgehead atoms. The fraction of sp³-hybridized carbons (Fsp3) is 0.222. The van der Waals surface area contributed by atoms with Crippen molar-refractivity contribution in [3.8, 4) is 0 Å². The summed E-state index contributed by atoms with van der Waals surface area (Å²) in [6, 6.07) is 11.5. The number of esters is 1. The number of anilines is 1. The molecular weight excluding hydrogens is 333 g/mol. The minimum atomic E-state index is -0.952. The molecule has 124 valence electrons. The lowest BCUT2D eigenvalue weighted by atomic mass is 10.1. The van der Waals surface area contributed by atoms with E-state index in [9.17, 15) is 14.0 Å². The third-order valence-electron chi connectivity index (χ3n) is 3.97. The van der Waals surface area contributed by atoms with Gasteiger partial charge in [-0.2, -0.15) is 0 Å². The summed E-state index contributed by atoms with van der Waals surface area (Å²) < 4.78 is 18.7. The van der Waals surface area contributed by atoms with Crippen LogP contribution in [-0.4, -0.2) is 24.5 Å². The molecule has 0 radical (unpaired) electrons. The Bertz CT molecular complexity index is 788. The van der Waals surface area contributed by atoms with Crippen molar-refractivity contribution >= 4 is 29.2 Å². The minimum absolute atomic E-state index is 0.0225. The van der Waals surface area contributed by atoms with E-state index in [0.717, 1.165) is 23.7 Å². The molecule has 0 aromatic heterocycles. The first kappa shape index (κ1) is 16.5. The molecule has 0 fully saturated rings. The Hall–Kier alpha value is -2.40. The zero-order valence-electron chi connectivity index (χ0n) is 13.0. The van der Waals surface area contributed by atoms with Gasteiger partial charge in [0.15, 0.2) is 6.61 Å². The molecule has 1 aliphatic rings. The molecule has 1 atom stereocenters. The Morgan fingerprint density at radius 1 is 1.25 bits per heavy atom. The van der Waals surface area contributed by atoms with Crippen LogP contribution in [0.25, 0.3) is 0 Å². The van der Waals surface area contributed by atoms with Crippen LogP contribution in [0, 0.1) is 5.82 Å².